The lowest BCUT2D eigenvalue weighted by Gasteiger charge is -2.32. The first-order valence-electron chi connectivity index (χ1n) is 6.64. The third kappa shape index (κ3) is 2.77. The van der Waals surface area contributed by atoms with Crippen LogP contribution in [0.2, 0.25) is 0 Å². The van der Waals surface area contributed by atoms with E-state index in [0.29, 0.717) is 11.9 Å². The molecule has 3 rings (SSSR count). The summed E-state index contributed by atoms with van der Waals surface area (Å²) in [5, 5.41) is 4.35. The Bertz CT molecular complexity index is 657. The summed E-state index contributed by atoms with van der Waals surface area (Å²) in [5.41, 5.74) is -0.0920. The molecule has 6 nitrogen and oxygen atoms in total. The average Bonchev–Trinajstić information content (AvgIpc) is 2.84. The quantitative estimate of drug-likeness (QED) is 0.908. The Kier molecular flexibility index (Phi) is 3.60. The largest absolute Gasteiger partial charge is 0.356 e. The highest BCUT2D eigenvalue weighted by Gasteiger charge is 2.22. The number of nitrogens with one attached hydrogen (secondary N) is 1. The molecule has 7 heteroatoms. The maximum Gasteiger partial charge on any atom is 0.252 e. The van der Waals surface area contributed by atoms with Crippen LogP contribution >= 0.6 is 15.9 Å². The molecule has 0 atom stereocenters. The van der Waals surface area contributed by atoms with Crippen LogP contribution in [0.3, 0.4) is 0 Å². The summed E-state index contributed by atoms with van der Waals surface area (Å²) >= 11 is 3.42. The molecule has 1 N–H and O–H groups in total. The van der Waals surface area contributed by atoms with Crippen molar-refractivity contribution in [3.63, 3.8) is 0 Å². The summed E-state index contributed by atoms with van der Waals surface area (Å²) in [6.45, 7) is 3.58. The van der Waals surface area contributed by atoms with E-state index in [1.165, 1.54) is 0 Å². The number of anilines is 1. The standard InChI is InChI=1S/C13H16BrN5O/c1-9-16-12(6-13(20)17-9)18-4-2-11(3-5-18)19-8-10(14)7-15-19/h6-8,11H,2-5H2,1H3,(H,16,17,20). The maximum absolute atomic E-state index is 11.5. The van der Waals surface area contributed by atoms with E-state index in [0.717, 1.165) is 36.2 Å². The van der Waals surface area contributed by atoms with E-state index in [1.54, 1.807) is 13.0 Å². The number of hydrogen-bond acceptors (Lipinski definition) is 4. The van der Waals surface area contributed by atoms with Crippen LogP contribution in [0.1, 0.15) is 24.7 Å². The molecule has 0 spiro atoms. The van der Waals surface area contributed by atoms with Gasteiger partial charge in [0, 0.05) is 25.4 Å². The molecule has 1 aliphatic heterocycles. The molecule has 0 aliphatic carbocycles. The normalized spacial score (nSPS) is 16.6. The number of piperidine rings is 1. The Labute approximate surface area is 125 Å². The highest BCUT2D eigenvalue weighted by Crippen LogP contribution is 2.25. The second kappa shape index (κ2) is 5.40. The fourth-order valence-electron chi connectivity index (χ4n) is 2.60. The van der Waals surface area contributed by atoms with Crippen LogP contribution < -0.4 is 10.5 Å². The van der Waals surface area contributed by atoms with Gasteiger partial charge in [0.15, 0.2) is 0 Å². The van der Waals surface area contributed by atoms with Crippen LogP contribution in [0.25, 0.3) is 0 Å². The third-order valence-electron chi connectivity index (χ3n) is 3.58. The molecule has 0 unspecified atom stereocenters. The highest BCUT2D eigenvalue weighted by atomic mass is 79.9. The lowest BCUT2D eigenvalue weighted by Crippen LogP contribution is -2.36. The van der Waals surface area contributed by atoms with E-state index in [4.69, 9.17) is 0 Å². The van der Waals surface area contributed by atoms with Gasteiger partial charge in [-0.3, -0.25) is 9.48 Å². The molecule has 0 saturated carbocycles. The van der Waals surface area contributed by atoms with Crippen molar-refractivity contribution in [3.05, 3.63) is 39.1 Å². The molecule has 0 radical (unpaired) electrons. The maximum atomic E-state index is 11.5. The van der Waals surface area contributed by atoms with Crippen molar-refractivity contribution in [2.24, 2.45) is 0 Å². The molecule has 2 aromatic heterocycles. The average molecular weight is 338 g/mol. The number of H-pyrrole nitrogens is 1. The topological polar surface area (TPSA) is 66.8 Å². The Morgan fingerprint density at radius 1 is 1.40 bits per heavy atom. The van der Waals surface area contributed by atoms with Gasteiger partial charge in [0.1, 0.15) is 11.6 Å². The van der Waals surface area contributed by atoms with Crippen LogP contribution in [-0.2, 0) is 0 Å². The molecule has 1 saturated heterocycles. The zero-order valence-electron chi connectivity index (χ0n) is 11.2. The van der Waals surface area contributed by atoms with Crippen molar-refractivity contribution in [1.82, 2.24) is 19.7 Å². The lowest BCUT2D eigenvalue weighted by atomic mass is 10.1. The Morgan fingerprint density at radius 2 is 2.15 bits per heavy atom. The van der Waals surface area contributed by atoms with Gasteiger partial charge in [-0.05, 0) is 35.7 Å². The zero-order chi connectivity index (χ0) is 14.1. The summed E-state index contributed by atoms with van der Waals surface area (Å²) in [7, 11) is 0. The molecule has 1 fully saturated rings. The first-order chi connectivity index (χ1) is 9.61. The smallest absolute Gasteiger partial charge is 0.252 e. The van der Waals surface area contributed by atoms with Gasteiger partial charge in [-0.2, -0.15) is 5.10 Å². The van der Waals surface area contributed by atoms with Crippen LogP contribution in [0.4, 0.5) is 5.82 Å². The van der Waals surface area contributed by atoms with Gasteiger partial charge >= 0.3 is 0 Å². The van der Waals surface area contributed by atoms with Crippen molar-refractivity contribution in [1.29, 1.82) is 0 Å². The molecule has 0 bridgehead atoms. The van der Waals surface area contributed by atoms with E-state index < -0.39 is 0 Å². The molecule has 106 valence electrons. The van der Waals surface area contributed by atoms with Crippen molar-refractivity contribution in [2.45, 2.75) is 25.8 Å². The summed E-state index contributed by atoms with van der Waals surface area (Å²) in [5.74, 6) is 1.43. The molecular formula is C13H16BrN5O. The molecule has 0 amide bonds. The van der Waals surface area contributed by atoms with E-state index in [-0.39, 0.29) is 5.56 Å². The van der Waals surface area contributed by atoms with Crippen molar-refractivity contribution < 1.29 is 0 Å². The Hall–Kier alpha value is -1.63. The number of rotatable bonds is 2. The molecular weight excluding hydrogens is 322 g/mol. The summed E-state index contributed by atoms with van der Waals surface area (Å²) in [6, 6.07) is 1.98. The van der Waals surface area contributed by atoms with Crippen LogP contribution in [0.15, 0.2) is 27.7 Å². The molecule has 20 heavy (non-hydrogen) atoms. The monoisotopic (exact) mass is 337 g/mol. The summed E-state index contributed by atoms with van der Waals surface area (Å²) < 4.78 is 3.02. The van der Waals surface area contributed by atoms with Gasteiger partial charge in [-0.25, -0.2) is 4.98 Å². The van der Waals surface area contributed by atoms with Crippen LogP contribution in [-0.4, -0.2) is 32.8 Å². The minimum atomic E-state index is -0.0920. The van der Waals surface area contributed by atoms with E-state index in [1.807, 2.05) is 17.1 Å². The molecule has 0 aromatic carbocycles. The van der Waals surface area contributed by atoms with Gasteiger partial charge in [0.05, 0.1) is 16.7 Å². The van der Waals surface area contributed by atoms with Crippen LogP contribution in [0.5, 0.6) is 0 Å². The van der Waals surface area contributed by atoms with Gasteiger partial charge in [-0.1, -0.05) is 0 Å². The second-order valence-corrected chi connectivity index (χ2v) is 5.96. The molecule has 2 aromatic rings. The zero-order valence-corrected chi connectivity index (χ0v) is 12.8. The Morgan fingerprint density at radius 3 is 2.75 bits per heavy atom. The predicted molar refractivity (Wildman–Crippen MR) is 80.0 cm³/mol. The van der Waals surface area contributed by atoms with Gasteiger partial charge in [-0.15, -0.1) is 0 Å². The fourth-order valence-corrected chi connectivity index (χ4v) is 2.90. The van der Waals surface area contributed by atoms with E-state index in [2.05, 4.69) is 35.9 Å². The fraction of sp³-hybridized carbons (Fsp3) is 0.462. The third-order valence-corrected chi connectivity index (χ3v) is 3.99. The number of hydrogen-bond donors (Lipinski definition) is 1. The number of halogens is 1. The minimum Gasteiger partial charge on any atom is -0.356 e. The number of aromatic amines is 1. The number of aromatic nitrogens is 4. The van der Waals surface area contributed by atoms with Gasteiger partial charge in [0.25, 0.3) is 5.56 Å². The number of nitrogens with zero attached hydrogens (tertiary/aromatic N) is 4. The van der Waals surface area contributed by atoms with Crippen molar-refractivity contribution >= 4 is 21.7 Å². The van der Waals surface area contributed by atoms with E-state index >= 15 is 0 Å². The predicted octanol–water partition coefficient (Wildman–Crippen LogP) is 1.88. The van der Waals surface area contributed by atoms with Crippen LogP contribution in [0, 0.1) is 6.92 Å². The van der Waals surface area contributed by atoms with Crippen molar-refractivity contribution in [2.75, 3.05) is 18.0 Å². The van der Waals surface area contributed by atoms with E-state index in [9.17, 15) is 4.79 Å². The molecule has 1 aliphatic rings. The summed E-state index contributed by atoms with van der Waals surface area (Å²) in [4.78, 5) is 20.7. The van der Waals surface area contributed by atoms with Crippen molar-refractivity contribution in [3.8, 4) is 0 Å². The first-order valence-corrected chi connectivity index (χ1v) is 7.44. The lowest BCUT2D eigenvalue weighted by molar-refractivity contribution is 0.365. The SMILES string of the molecule is Cc1nc(N2CCC(n3cc(Br)cn3)CC2)cc(=O)[nH]1. The Balaban J connectivity index is 1.70. The minimum absolute atomic E-state index is 0.0920. The number of aryl methyl sites for hydroxylation is 1. The summed E-state index contributed by atoms with van der Waals surface area (Å²) in [6.07, 6.45) is 5.83. The first kappa shape index (κ1) is 13.4. The van der Waals surface area contributed by atoms with Gasteiger partial charge in [0.2, 0.25) is 0 Å². The molecule has 3 heterocycles. The highest BCUT2D eigenvalue weighted by molar-refractivity contribution is 9.10. The second-order valence-electron chi connectivity index (χ2n) is 5.05. The van der Waals surface area contributed by atoms with Gasteiger partial charge < -0.3 is 9.88 Å².